The van der Waals surface area contributed by atoms with Crippen LogP contribution in [0.4, 0.5) is 70.5 Å². The molecule has 6 aromatic heterocycles. The van der Waals surface area contributed by atoms with E-state index in [1.807, 2.05) is 71.1 Å². The van der Waals surface area contributed by atoms with E-state index < -0.39 is 11.8 Å². The van der Waals surface area contributed by atoms with E-state index in [0.29, 0.717) is 70.3 Å². The first-order valence-electron chi connectivity index (χ1n) is 26.5. The molecule has 0 saturated carbocycles. The van der Waals surface area contributed by atoms with Gasteiger partial charge in [-0.05, 0) is 116 Å². The molecular formula is C55H67FN18O4S2. The van der Waals surface area contributed by atoms with E-state index in [-0.39, 0.29) is 17.5 Å². The molecule has 0 aliphatic carbocycles. The van der Waals surface area contributed by atoms with Crippen molar-refractivity contribution in [3.63, 3.8) is 0 Å². The first-order valence-corrected chi connectivity index (χ1v) is 28.2. The quantitative estimate of drug-likeness (QED) is 0.0526. The van der Waals surface area contributed by atoms with Gasteiger partial charge in [0.15, 0.2) is 21.9 Å². The van der Waals surface area contributed by atoms with E-state index in [9.17, 15) is 14.0 Å². The molecule has 80 heavy (non-hydrogen) atoms. The maximum atomic E-state index is 14.8. The molecule has 0 radical (unpaired) electrons. The molecule has 2 fully saturated rings. The van der Waals surface area contributed by atoms with Crippen LogP contribution in [-0.2, 0) is 12.8 Å². The van der Waals surface area contributed by atoms with E-state index in [1.54, 1.807) is 35.7 Å². The molecular weight excluding hydrogens is 1060 g/mol. The van der Waals surface area contributed by atoms with Crippen LogP contribution in [0.5, 0.6) is 0 Å². The van der Waals surface area contributed by atoms with E-state index in [1.165, 1.54) is 23.5 Å². The summed E-state index contributed by atoms with van der Waals surface area (Å²) >= 11 is 2.93. The van der Waals surface area contributed by atoms with Gasteiger partial charge in [-0.2, -0.15) is 0 Å². The van der Waals surface area contributed by atoms with Crippen molar-refractivity contribution in [2.75, 3.05) is 96.1 Å². The number of aromatic nitrogens is 8. The molecule has 0 atom stereocenters. The smallest absolute Gasteiger partial charge is 0.325 e. The molecule has 0 unspecified atom stereocenters. The van der Waals surface area contributed by atoms with Gasteiger partial charge in [0, 0.05) is 93.5 Å². The van der Waals surface area contributed by atoms with Gasteiger partial charge < -0.3 is 49.9 Å². The number of carbonyl (C=O) groups excluding carboxylic acids is 2. The minimum atomic E-state index is -0.617. The fourth-order valence-corrected chi connectivity index (χ4v) is 10.9. The SMILES string of the molecule is CCc1cc(NC(=O)Nc2ccc(-c3cnc(Nc4cc(N5CCC(N(C)C)CC5)nc(C)n4)s3)cc2C)no1.CCc1cc(NC(=O)Nc2ccc(-c3cnc(Nc4cc(N5CCC(N(C)C)CC5)nc(C)n4)s3)cc2F)no1. The van der Waals surface area contributed by atoms with Gasteiger partial charge in [-0.3, -0.25) is 10.6 Å². The lowest BCUT2D eigenvalue weighted by Crippen LogP contribution is -2.42. The van der Waals surface area contributed by atoms with Crippen LogP contribution >= 0.6 is 22.7 Å². The molecule has 2 aliphatic rings. The van der Waals surface area contributed by atoms with Gasteiger partial charge in [-0.15, -0.1) is 0 Å². The second-order valence-electron chi connectivity index (χ2n) is 19.9. The monoisotopic (exact) mass is 1130 g/mol. The summed E-state index contributed by atoms with van der Waals surface area (Å²) in [5.74, 6) is 6.06. The van der Waals surface area contributed by atoms with Crippen LogP contribution in [0.3, 0.4) is 0 Å². The van der Waals surface area contributed by atoms with Gasteiger partial charge in [0.25, 0.3) is 0 Å². The Morgan fingerprint density at radius 1 is 0.588 bits per heavy atom. The number of benzene rings is 2. The Balaban J connectivity index is 0.000000194. The molecule has 8 heterocycles. The Bertz CT molecular complexity index is 3180. The minimum absolute atomic E-state index is 0.0435. The average Bonchev–Trinajstić information content (AvgIpc) is 4.29. The predicted molar refractivity (Wildman–Crippen MR) is 315 cm³/mol. The zero-order valence-corrected chi connectivity index (χ0v) is 48.0. The normalized spacial score (nSPS) is 14.0. The zero-order chi connectivity index (χ0) is 56.5. The second-order valence-corrected chi connectivity index (χ2v) is 22.0. The van der Waals surface area contributed by atoms with E-state index in [4.69, 9.17) is 14.0 Å². The average molecular weight is 1130 g/mol. The number of amides is 4. The molecule has 4 amide bonds. The summed E-state index contributed by atoms with van der Waals surface area (Å²) in [7, 11) is 8.55. The summed E-state index contributed by atoms with van der Waals surface area (Å²) in [6, 6.07) is 18.0. The number of urea groups is 2. The lowest BCUT2D eigenvalue weighted by atomic mass is 10.0. The van der Waals surface area contributed by atoms with Crippen molar-refractivity contribution >= 4 is 91.3 Å². The third-order valence-corrected chi connectivity index (χ3v) is 15.7. The standard InChI is InChI=1S/C28H35N9O2S.C27H32FN9O2S/c1-6-21-14-25(35-39-21)33-27(38)32-22-8-7-19(13-17(22)2)23-16-29-28(40-23)34-24-15-26(31-18(3)30-24)37-11-9-20(10-12-37)36(4)5;1-5-19-13-24(35-39-19)33-26(38)32-21-7-6-17(12-20(21)28)22-15-29-27(40-22)34-23-14-25(31-16(2)30-23)37-10-8-18(9-11-37)36(3)4/h7-8,13-16,20H,6,9-12H2,1-5H3,(H,29,30,31,34)(H2,32,33,35,38);6-7,12-15,18H,5,8-11H2,1-4H3,(H,29,30,31,34)(H2,32,33,35,38). The van der Waals surface area contributed by atoms with E-state index in [0.717, 1.165) is 101 Å². The number of carbonyl (C=O) groups is 2. The summed E-state index contributed by atoms with van der Waals surface area (Å²) in [5, 5.41) is 26.2. The number of piperidine rings is 2. The summed E-state index contributed by atoms with van der Waals surface area (Å²) in [6.45, 7) is 13.5. The summed E-state index contributed by atoms with van der Waals surface area (Å²) in [4.78, 5) is 63.2. The van der Waals surface area contributed by atoms with Gasteiger partial charge in [0.1, 0.15) is 52.3 Å². The molecule has 420 valence electrons. The third kappa shape index (κ3) is 14.8. The van der Waals surface area contributed by atoms with Gasteiger partial charge >= 0.3 is 12.1 Å². The van der Waals surface area contributed by atoms with Crippen LogP contribution in [0.15, 0.2) is 82.1 Å². The van der Waals surface area contributed by atoms with Crippen LogP contribution in [-0.4, -0.2) is 129 Å². The Morgan fingerprint density at radius 2 is 1.02 bits per heavy atom. The second kappa shape index (κ2) is 25.8. The highest BCUT2D eigenvalue weighted by atomic mass is 32.1. The Morgan fingerprint density at radius 3 is 1.44 bits per heavy atom. The highest BCUT2D eigenvalue weighted by molar-refractivity contribution is 7.19. The maximum Gasteiger partial charge on any atom is 0.325 e. The fourth-order valence-electron chi connectivity index (χ4n) is 9.27. The number of halogens is 1. The first kappa shape index (κ1) is 56.6. The number of aryl methyl sites for hydroxylation is 5. The predicted octanol–water partition coefficient (Wildman–Crippen LogP) is 11.2. The lowest BCUT2D eigenvalue weighted by molar-refractivity contribution is 0.249. The minimum Gasteiger partial charge on any atom is -0.359 e. The van der Waals surface area contributed by atoms with Gasteiger partial charge in [-0.25, -0.2) is 43.9 Å². The van der Waals surface area contributed by atoms with Crippen molar-refractivity contribution in [2.45, 2.75) is 85.2 Å². The van der Waals surface area contributed by atoms with Crippen molar-refractivity contribution in [2.24, 2.45) is 0 Å². The Hall–Kier alpha value is -8.13. The number of thiazole rings is 2. The molecule has 8 aromatic rings. The topological polar surface area (TPSA) is 249 Å². The number of hydrogen-bond donors (Lipinski definition) is 6. The van der Waals surface area contributed by atoms with E-state index >= 15 is 0 Å². The Labute approximate surface area is 472 Å². The molecule has 2 saturated heterocycles. The highest BCUT2D eigenvalue weighted by Gasteiger charge is 2.24. The number of rotatable bonds is 16. The number of hydrogen-bond acceptors (Lipinski definition) is 20. The van der Waals surface area contributed by atoms with Crippen LogP contribution < -0.4 is 41.7 Å². The summed E-state index contributed by atoms with van der Waals surface area (Å²) in [6.07, 6.45) is 9.30. The molecule has 22 nitrogen and oxygen atoms in total. The van der Waals surface area contributed by atoms with Gasteiger partial charge in [-0.1, -0.05) is 59.0 Å². The van der Waals surface area contributed by atoms with Crippen molar-refractivity contribution in [3.8, 4) is 20.9 Å². The molecule has 2 aromatic carbocycles. The van der Waals surface area contributed by atoms with Crippen LogP contribution in [0.2, 0.25) is 0 Å². The summed E-state index contributed by atoms with van der Waals surface area (Å²) < 4.78 is 25.0. The lowest BCUT2D eigenvalue weighted by Gasteiger charge is -2.35. The number of nitrogens with zero attached hydrogens (tertiary/aromatic N) is 12. The van der Waals surface area contributed by atoms with Crippen molar-refractivity contribution in [1.82, 2.24) is 50.0 Å². The zero-order valence-electron chi connectivity index (χ0n) is 46.3. The number of anilines is 10. The van der Waals surface area contributed by atoms with Gasteiger partial charge in [0.05, 0.1) is 15.4 Å². The molecule has 0 bridgehead atoms. The first-order chi connectivity index (χ1) is 38.5. The third-order valence-electron chi connectivity index (χ3n) is 13.7. The number of nitrogens with one attached hydrogen (secondary N) is 6. The fraction of sp³-hybridized carbons (Fsp3) is 0.382. The largest absolute Gasteiger partial charge is 0.359 e. The maximum absolute atomic E-state index is 14.8. The van der Waals surface area contributed by atoms with Crippen LogP contribution in [0.1, 0.15) is 68.3 Å². The summed E-state index contributed by atoms with van der Waals surface area (Å²) in [5.41, 5.74) is 3.34. The highest BCUT2D eigenvalue weighted by Crippen LogP contribution is 2.35. The molecule has 2 aliphatic heterocycles. The van der Waals surface area contributed by atoms with Crippen molar-refractivity contribution < 1.29 is 23.0 Å². The molecule has 10 rings (SSSR count). The van der Waals surface area contributed by atoms with Crippen molar-refractivity contribution in [1.29, 1.82) is 0 Å². The van der Waals surface area contributed by atoms with Gasteiger partial charge in [0.2, 0.25) is 0 Å². The van der Waals surface area contributed by atoms with E-state index in [2.05, 4.69) is 115 Å². The molecule has 25 heteroatoms. The van der Waals surface area contributed by atoms with Crippen LogP contribution in [0.25, 0.3) is 20.9 Å². The Kier molecular flexibility index (Phi) is 18.2. The van der Waals surface area contributed by atoms with Crippen molar-refractivity contribution in [3.05, 3.63) is 108 Å². The van der Waals surface area contributed by atoms with Crippen LogP contribution in [0, 0.1) is 26.6 Å². The molecule has 0 spiro atoms. The molecule has 6 N–H and O–H groups in total.